The number of carbonyl (C=O) groups excluding carboxylic acids is 2. The predicted molar refractivity (Wildman–Crippen MR) is 71.4 cm³/mol. The Labute approximate surface area is 114 Å². The average Bonchev–Trinajstić information content (AvgIpc) is 2.84. The van der Waals surface area contributed by atoms with Gasteiger partial charge in [-0.15, -0.1) is 0 Å². The van der Waals surface area contributed by atoms with E-state index in [4.69, 9.17) is 4.74 Å². The molecule has 3 aliphatic rings. The third-order valence-corrected chi connectivity index (χ3v) is 5.01. The highest BCUT2D eigenvalue weighted by atomic mass is 16.6. The first-order valence-electron chi connectivity index (χ1n) is 7.51. The van der Waals surface area contributed by atoms with Gasteiger partial charge in [-0.25, -0.2) is 0 Å². The largest absolute Gasteiger partial charge is 0.459 e. The van der Waals surface area contributed by atoms with Crippen molar-refractivity contribution in [1.82, 2.24) is 0 Å². The molecule has 3 nitrogen and oxygen atoms in total. The zero-order valence-corrected chi connectivity index (χ0v) is 11.6. The Bertz CT molecular complexity index is 418. The summed E-state index contributed by atoms with van der Waals surface area (Å²) < 4.78 is 5.71. The fourth-order valence-corrected chi connectivity index (χ4v) is 3.89. The summed E-state index contributed by atoms with van der Waals surface area (Å²) >= 11 is 0. The van der Waals surface area contributed by atoms with Crippen LogP contribution in [0.3, 0.4) is 0 Å². The highest BCUT2D eigenvalue weighted by Crippen LogP contribution is 2.42. The molecule has 0 amide bonds. The summed E-state index contributed by atoms with van der Waals surface area (Å²) in [5.41, 5.74) is -0.257. The smallest absolute Gasteiger partial charge is 0.306 e. The van der Waals surface area contributed by atoms with Crippen LogP contribution in [-0.4, -0.2) is 17.4 Å². The van der Waals surface area contributed by atoms with Gasteiger partial charge in [0.2, 0.25) is 0 Å². The van der Waals surface area contributed by atoms with Crippen LogP contribution in [0.5, 0.6) is 0 Å². The van der Waals surface area contributed by atoms with E-state index in [1.54, 1.807) is 0 Å². The summed E-state index contributed by atoms with van der Waals surface area (Å²) in [5.74, 6) is 0.441. The molecule has 3 unspecified atom stereocenters. The van der Waals surface area contributed by atoms with Crippen molar-refractivity contribution in [3.05, 3.63) is 12.2 Å². The number of hydrogen-bond acceptors (Lipinski definition) is 3. The van der Waals surface area contributed by atoms with Gasteiger partial charge in [-0.05, 0) is 44.9 Å². The van der Waals surface area contributed by atoms with Crippen LogP contribution in [0.2, 0.25) is 0 Å². The van der Waals surface area contributed by atoms with Crippen molar-refractivity contribution >= 4 is 11.8 Å². The van der Waals surface area contributed by atoms with Crippen LogP contribution in [0.15, 0.2) is 12.2 Å². The Balaban J connectivity index is 1.55. The Morgan fingerprint density at radius 3 is 2.63 bits per heavy atom. The van der Waals surface area contributed by atoms with Gasteiger partial charge < -0.3 is 4.74 Å². The summed E-state index contributed by atoms with van der Waals surface area (Å²) in [6.07, 6.45) is 10.7. The highest BCUT2D eigenvalue weighted by Gasteiger charge is 2.44. The van der Waals surface area contributed by atoms with E-state index in [-0.39, 0.29) is 29.3 Å². The first kappa shape index (κ1) is 12.9. The summed E-state index contributed by atoms with van der Waals surface area (Å²) in [7, 11) is 0. The fraction of sp³-hybridized carbons (Fsp3) is 0.750. The van der Waals surface area contributed by atoms with Gasteiger partial charge in [-0.3, -0.25) is 9.59 Å². The first-order chi connectivity index (χ1) is 9.07. The van der Waals surface area contributed by atoms with Crippen molar-refractivity contribution in [2.75, 3.05) is 0 Å². The van der Waals surface area contributed by atoms with Gasteiger partial charge in [0.15, 0.2) is 0 Å². The molecule has 0 aromatic heterocycles. The topological polar surface area (TPSA) is 43.4 Å². The van der Waals surface area contributed by atoms with Crippen molar-refractivity contribution in [2.45, 2.75) is 57.5 Å². The summed E-state index contributed by atoms with van der Waals surface area (Å²) in [5, 5.41) is 0. The first-order valence-corrected chi connectivity index (χ1v) is 7.51. The summed E-state index contributed by atoms with van der Waals surface area (Å²) in [6, 6.07) is 0. The Morgan fingerprint density at radius 1 is 1.32 bits per heavy atom. The van der Waals surface area contributed by atoms with E-state index in [0.717, 1.165) is 32.1 Å². The molecule has 0 heterocycles. The van der Waals surface area contributed by atoms with Gasteiger partial charge in [0.1, 0.15) is 11.4 Å². The van der Waals surface area contributed by atoms with E-state index in [9.17, 15) is 9.59 Å². The van der Waals surface area contributed by atoms with Gasteiger partial charge in [-0.1, -0.05) is 18.6 Å². The molecule has 0 saturated heterocycles. The van der Waals surface area contributed by atoms with Gasteiger partial charge in [0.25, 0.3) is 0 Å². The minimum Gasteiger partial charge on any atom is -0.459 e. The number of carbonyl (C=O) groups is 2. The van der Waals surface area contributed by atoms with Crippen LogP contribution in [0.4, 0.5) is 0 Å². The maximum atomic E-state index is 12.1. The van der Waals surface area contributed by atoms with Crippen LogP contribution in [0, 0.1) is 17.8 Å². The number of rotatable bonds is 3. The maximum absolute atomic E-state index is 12.1. The second-order valence-electron chi connectivity index (χ2n) is 6.60. The lowest BCUT2D eigenvalue weighted by Gasteiger charge is -2.33. The normalized spacial score (nSPS) is 35.6. The molecule has 0 aromatic carbocycles. The molecular formula is C16H22O3. The van der Waals surface area contributed by atoms with Crippen LogP contribution in [-0.2, 0) is 14.3 Å². The van der Waals surface area contributed by atoms with Gasteiger partial charge >= 0.3 is 5.97 Å². The van der Waals surface area contributed by atoms with E-state index in [1.807, 2.05) is 12.2 Å². The number of ketones is 1. The molecule has 0 spiro atoms. The molecule has 19 heavy (non-hydrogen) atoms. The van der Waals surface area contributed by atoms with Crippen LogP contribution in [0.1, 0.15) is 51.9 Å². The van der Waals surface area contributed by atoms with Crippen molar-refractivity contribution in [3.63, 3.8) is 0 Å². The molecule has 0 aromatic rings. The molecular weight excluding hydrogens is 240 g/mol. The quantitative estimate of drug-likeness (QED) is 0.580. The molecule has 3 heteroatoms. The second-order valence-corrected chi connectivity index (χ2v) is 6.60. The minimum atomic E-state index is -0.257. The molecule has 104 valence electrons. The van der Waals surface area contributed by atoms with E-state index < -0.39 is 0 Å². The molecule has 0 aliphatic heterocycles. The van der Waals surface area contributed by atoms with Crippen molar-refractivity contribution < 1.29 is 14.3 Å². The number of allylic oxidation sites excluding steroid dienone is 2. The number of Topliss-reactive ketones (excluding diaryl/α,β-unsaturated/α-hetero) is 1. The van der Waals surface area contributed by atoms with E-state index in [2.05, 4.69) is 6.92 Å². The lowest BCUT2D eigenvalue weighted by atomic mass is 9.86. The van der Waals surface area contributed by atoms with Gasteiger partial charge in [-0.2, -0.15) is 0 Å². The molecule has 2 fully saturated rings. The molecule has 3 atom stereocenters. The standard InChI is InChI=1S/C16H22O3/c1-16(7-3-2-4-8-16)19-14(17)10-12-9-11-5-6-13(12)15(11)18/h5-6,11-13H,2-4,7-10H2,1H3. The fourth-order valence-electron chi connectivity index (χ4n) is 3.89. The van der Waals surface area contributed by atoms with Gasteiger partial charge in [0, 0.05) is 18.3 Å². The second kappa shape index (κ2) is 4.77. The third-order valence-electron chi connectivity index (χ3n) is 5.01. The minimum absolute atomic E-state index is 0.0169. The van der Waals surface area contributed by atoms with E-state index in [1.165, 1.54) is 6.42 Å². The van der Waals surface area contributed by atoms with Crippen LogP contribution < -0.4 is 0 Å². The van der Waals surface area contributed by atoms with Crippen molar-refractivity contribution in [1.29, 1.82) is 0 Å². The van der Waals surface area contributed by atoms with Crippen LogP contribution in [0.25, 0.3) is 0 Å². The maximum Gasteiger partial charge on any atom is 0.306 e. The molecule has 0 radical (unpaired) electrons. The Hall–Kier alpha value is -1.12. The summed E-state index contributed by atoms with van der Waals surface area (Å²) in [4.78, 5) is 23.9. The van der Waals surface area contributed by atoms with Crippen molar-refractivity contribution in [2.24, 2.45) is 17.8 Å². The third kappa shape index (κ3) is 2.47. The monoisotopic (exact) mass is 262 g/mol. The zero-order valence-electron chi connectivity index (χ0n) is 11.6. The predicted octanol–water partition coefficient (Wildman–Crippen LogP) is 3.03. The Morgan fingerprint density at radius 2 is 2.05 bits per heavy atom. The van der Waals surface area contributed by atoms with E-state index in [0.29, 0.717) is 12.2 Å². The molecule has 3 aliphatic carbocycles. The lowest BCUT2D eigenvalue weighted by molar-refractivity contribution is -0.162. The molecule has 0 N–H and O–H groups in total. The SMILES string of the molecule is CC1(OC(=O)CC2CC3C=CC2C3=O)CCCCC1. The number of hydrogen-bond donors (Lipinski definition) is 0. The Kier molecular flexibility index (Phi) is 3.23. The lowest BCUT2D eigenvalue weighted by Crippen LogP contribution is -2.34. The number of fused-ring (bicyclic) bond motifs is 2. The number of esters is 1. The number of ether oxygens (including phenoxy) is 1. The van der Waals surface area contributed by atoms with Gasteiger partial charge in [0.05, 0.1) is 0 Å². The molecule has 3 rings (SSSR count). The molecule has 2 bridgehead atoms. The highest BCUT2D eigenvalue weighted by molar-refractivity contribution is 5.92. The van der Waals surface area contributed by atoms with Crippen molar-refractivity contribution in [3.8, 4) is 0 Å². The van der Waals surface area contributed by atoms with Crippen LogP contribution >= 0.6 is 0 Å². The van der Waals surface area contributed by atoms with E-state index >= 15 is 0 Å². The summed E-state index contributed by atoms with van der Waals surface area (Å²) in [6.45, 7) is 2.05. The average molecular weight is 262 g/mol. The zero-order chi connectivity index (χ0) is 13.5. The molecule has 2 saturated carbocycles.